The van der Waals surface area contributed by atoms with E-state index in [-0.39, 0.29) is 18.0 Å². The van der Waals surface area contributed by atoms with E-state index < -0.39 is 0 Å². The van der Waals surface area contributed by atoms with Crippen LogP contribution in [0.2, 0.25) is 0 Å². The van der Waals surface area contributed by atoms with Crippen molar-refractivity contribution in [1.82, 2.24) is 20.8 Å². The van der Waals surface area contributed by atoms with Gasteiger partial charge in [-0.2, -0.15) is 0 Å². The minimum absolute atomic E-state index is 0.0514. The van der Waals surface area contributed by atoms with Gasteiger partial charge in [-0.05, 0) is 43.5 Å². The van der Waals surface area contributed by atoms with E-state index in [1.54, 1.807) is 31.2 Å². The molecule has 0 radical (unpaired) electrons. The van der Waals surface area contributed by atoms with Crippen LogP contribution in [0.5, 0.6) is 11.8 Å². The number of aryl methyl sites for hydroxylation is 1. The number of ether oxygens (including phenoxy) is 1. The molecule has 0 spiro atoms. The molecule has 7 nitrogen and oxygen atoms in total. The van der Waals surface area contributed by atoms with Crippen LogP contribution in [-0.4, -0.2) is 34.2 Å². The van der Waals surface area contributed by atoms with Gasteiger partial charge in [-0.15, -0.1) is 5.10 Å². The highest BCUT2D eigenvalue weighted by molar-refractivity contribution is 5.94. The molecule has 7 heteroatoms. The van der Waals surface area contributed by atoms with Crippen LogP contribution >= 0.6 is 0 Å². The van der Waals surface area contributed by atoms with Crippen LogP contribution in [0, 0.1) is 6.92 Å². The third-order valence-electron chi connectivity index (χ3n) is 4.45. The lowest BCUT2D eigenvalue weighted by atomic mass is 9.95. The van der Waals surface area contributed by atoms with E-state index in [4.69, 9.17) is 9.15 Å². The Bertz CT molecular complexity index is 712. The number of aromatic nitrogens is 2. The second kappa shape index (κ2) is 5.66. The molecule has 1 amide bonds. The molecular formula is C16H18N4O3. The molecule has 23 heavy (non-hydrogen) atoms. The Labute approximate surface area is 133 Å². The standard InChI is InChI=1S/C16H18N4O3/c1-9-19-20-16(22-9)23-12-5-2-10(3-6-12)15(21)18-14-8-11-4-7-13(14)17-11/h2-3,5-6,11,13-14,17H,4,7-8H2,1H3,(H,18,21)/t11-,13+,14-/m1/s1. The number of rotatable bonds is 4. The molecule has 2 aromatic rings. The molecule has 0 unspecified atom stereocenters. The number of benzene rings is 1. The maximum atomic E-state index is 12.3. The zero-order chi connectivity index (χ0) is 15.8. The van der Waals surface area contributed by atoms with Crippen LogP contribution in [0.15, 0.2) is 28.7 Å². The van der Waals surface area contributed by atoms with Crippen molar-refractivity contribution in [1.29, 1.82) is 0 Å². The van der Waals surface area contributed by atoms with E-state index in [1.807, 2.05) is 0 Å². The minimum Gasteiger partial charge on any atom is -0.410 e. The molecule has 0 aliphatic carbocycles. The lowest BCUT2D eigenvalue weighted by molar-refractivity contribution is 0.0931. The van der Waals surface area contributed by atoms with Gasteiger partial charge < -0.3 is 19.8 Å². The largest absolute Gasteiger partial charge is 0.420 e. The van der Waals surface area contributed by atoms with Crippen molar-refractivity contribution in [3.63, 3.8) is 0 Å². The Morgan fingerprint density at radius 3 is 2.74 bits per heavy atom. The average Bonchev–Trinajstić information content (AvgIpc) is 3.25. The smallest absolute Gasteiger partial charge is 0.410 e. The Kier molecular flexibility index (Phi) is 3.49. The first kappa shape index (κ1) is 14.2. The van der Waals surface area contributed by atoms with Gasteiger partial charge >= 0.3 is 6.08 Å². The van der Waals surface area contributed by atoms with Crippen molar-refractivity contribution in [2.45, 2.75) is 44.3 Å². The summed E-state index contributed by atoms with van der Waals surface area (Å²) in [5.41, 5.74) is 0.613. The summed E-state index contributed by atoms with van der Waals surface area (Å²) in [4.78, 5) is 12.3. The van der Waals surface area contributed by atoms with Crippen molar-refractivity contribution in [3.8, 4) is 11.8 Å². The highest BCUT2D eigenvalue weighted by atomic mass is 16.6. The Morgan fingerprint density at radius 1 is 1.30 bits per heavy atom. The summed E-state index contributed by atoms with van der Waals surface area (Å²) in [5, 5.41) is 14.1. The van der Waals surface area contributed by atoms with Crippen molar-refractivity contribution >= 4 is 5.91 Å². The third-order valence-corrected chi connectivity index (χ3v) is 4.45. The number of carbonyl (C=O) groups is 1. The Balaban J connectivity index is 1.38. The van der Waals surface area contributed by atoms with Gasteiger partial charge in [0.2, 0.25) is 5.89 Å². The van der Waals surface area contributed by atoms with Crippen LogP contribution < -0.4 is 15.4 Å². The molecular weight excluding hydrogens is 296 g/mol. The highest BCUT2D eigenvalue weighted by Gasteiger charge is 2.39. The zero-order valence-electron chi connectivity index (χ0n) is 12.8. The highest BCUT2D eigenvalue weighted by Crippen LogP contribution is 2.28. The lowest BCUT2D eigenvalue weighted by Gasteiger charge is -2.21. The number of nitrogens with one attached hydrogen (secondary N) is 2. The molecule has 0 saturated carbocycles. The normalized spacial score (nSPS) is 25.5. The molecule has 120 valence electrons. The summed E-state index contributed by atoms with van der Waals surface area (Å²) in [6, 6.07) is 8.12. The molecule has 2 saturated heterocycles. The van der Waals surface area contributed by atoms with Crippen molar-refractivity contribution in [2.75, 3.05) is 0 Å². The molecule has 2 bridgehead atoms. The van der Waals surface area contributed by atoms with Gasteiger partial charge in [0.1, 0.15) is 5.75 Å². The van der Waals surface area contributed by atoms with Gasteiger partial charge in [-0.1, -0.05) is 5.10 Å². The van der Waals surface area contributed by atoms with E-state index in [9.17, 15) is 4.79 Å². The number of carbonyl (C=O) groups excluding carboxylic acids is 1. The number of hydrogen-bond donors (Lipinski definition) is 2. The second-order valence-corrected chi connectivity index (χ2v) is 6.08. The molecule has 2 fully saturated rings. The first-order chi connectivity index (χ1) is 11.2. The molecule has 3 heterocycles. The third kappa shape index (κ3) is 2.92. The van der Waals surface area contributed by atoms with Crippen molar-refractivity contribution in [2.24, 2.45) is 0 Å². The average molecular weight is 314 g/mol. The Hall–Kier alpha value is -2.41. The van der Waals surface area contributed by atoms with Gasteiger partial charge in [0.25, 0.3) is 5.91 Å². The van der Waals surface area contributed by atoms with Gasteiger partial charge in [0, 0.05) is 30.6 Å². The maximum Gasteiger partial charge on any atom is 0.420 e. The predicted octanol–water partition coefficient (Wildman–Crippen LogP) is 1.79. The molecule has 2 N–H and O–H groups in total. The number of amides is 1. The quantitative estimate of drug-likeness (QED) is 0.894. The number of hydrogen-bond acceptors (Lipinski definition) is 6. The summed E-state index contributed by atoms with van der Waals surface area (Å²) in [7, 11) is 0. The summed E-state index contributed by atoms with van der Waals surface area (Å²) in [6.07, 6.45) is 3.48. The van der Waals surface area contributed by atoms with E-state index >= 15 is 0 Å². The maximum absolute atomic E-state index is 12.3. The van der Waals surface area contributed by atoms with Crippen LogP contribution in [0.4, 0.5) is 0 Å². The van der Waals surface area contributed by atoms with E-state index in [2.05, 4.69) is 20.8 Å². The lowest BCUT2D eigenvalue weighted by Crippen LogP contribution is -2.42. The monoisotopic (exact) mass is 314 g/mol. The van der Waals surface area contributed by atoms with Crippen LogP contribution in [0.25, 0.3) is 0 Å². The fourth-order valence-electron chi connectivity index (χ4n) is 3.33. The van der Waals surface area contributed by atoms with Crippen LogP contribution in [-0.2, 0) is 0 Å². The summed E-state index contributed by atoms with van der Waals surface area (Å²) in [6.45, 7) is 1.69. The summed E-state index contributed by atoms with van der Waals surface area (Å²) < 4.78 is 10.6. The molecule has 1 aromatic carbocycles. The van der Waals surface area contributed by atoms with E-state index in [1.165, 1.54) is 6.42 Å². The second-order valence-electron chi connectivity index (χ2n) is 6.08. The van der Waals surface area contributed by atoms with Crippen LogP contribution in [0.3, 0.4) is 0 Å². The van der Waals surface area contributed by atoms with Gasteiger partial charge in [-0.25, -0.2) is 0 Å². The van der Waals surface area contributed by atoms with Gasteiger partial charge in [0.05, 0.1) is 0 Å². The topological polar surface area (TPSA) is 89.3 Å². The molecule has 2 aliphatic rings. The SMILES string of the molecule is Cc1nnc(Oc2ccc(C(=O)N[C@@H]3C[C@H]4CC[C@@H]3N4)cc2)o1. The van der Waals surface area contributed by atoms with Gasteiger partial charge in [0.15, 0.2) is 0 Å². The fraction of sp³-hybridized carbons (Fsp3) is 0.438. The summed E-state index contributed by atoms with van der Waals surface area (Å²) in [5.74, 6) is 0.937. The predicted molar refractivity (Wildman–Crippen MR) is 81.4 cm³/mol. The van der Waals surface area contributed by atoms with Crippen LogP contribution in [0.1, 0.15) is 35.5 Å². The Morgan fingerprint density at radius 2 is 2.13 bits per heavy atom. The first-order valence-electron chi connectivity index (χ1n) is 7.82. The van der Waals surface area contributed by atoms with Crippen molar-refractivity contribution < 1.29 is 13.9 Å². The summed E-state index contributed by atoms with van der Waals surface area (Å²) >= 11 is 0. The molecule has 2 aliphatic heterocycles. The first-order valence-corrected chi connectivity index (χ1v) is 7.82. The molecule has 4 rings (SSSR count). The fourth-order valence-corrected chi connectivity index (χ4v) is 3.33. The minimum atomic E-state index is -0.0514. The molecule has 1 aromatic heterocycles. The van der Waals surface area contributed by atoms with Gasteiger partial charge in [-0.3, -0.25) is 4.79 Å². The van der Waals surface area contributed by atoms with E-state index in [0.29, 0.717) is 29.3 Å². The number of nitrogens with zero attached hydrogens (tertiary/aromatic N) is 2. The number of fused-ring (bicyclic) bond motifs is 2. The zero-order valence-corrected chi connectivity index (χ0v) is 12.8. The van der Waals surface area contributed by atoms with E-state index in [0.717, 1.165) is 12.8 Å². The molecule has 3 atom stereocenters. The van der Waals surface area contributed by atoms with Crippen molar-refractivity contribution in [3.05, 3.63) is 35.7 Å².